The second-order valence-electron chi connectivity index (χ2n) is 19.2. The van der Waals surface area contributed by atoms with Crippen LogP contribution >= 0.6 is 0 Å². The van der Waals surface area contributed by atoms with E-state index in [2.05, 4.69) is 15.1 Å². The van der Waals surface area contributed by atoms with E-state index in [9.17, 15) is 39.6 Å². The van der Waals surface area contributed by atoms with E-state index >= 15 is 0 Å². The molecule has 17 nitrogen and oxygen atoms in total. The number of nitrogens with zero attached hydrogens (tertiary/aromatic N) is 3. The summed E-state index contributed by atoms with van der Waals surface area (Å²) < 4.78 is 30.6. The third-order valence-corrected chi connectivity index (χ3v) is 14.7. The number of anilines is 1. The number of methoxy groups -OCH3 is 1. The fourth-order valence-electron chi connectivity index (χ4n) is 10.5. The number of aromatic nitrogens is 1. The predicted molar refractivity (Wildman–Crippen MR) is 245 cm³/mol. The van der Waals surface area contributed by atoms with E-state index in [1.165, 1.54) is 52.4 Å². The van der Waals surface area contributed by atoms with Crippen LogP contribution in [-0.4, -0.2) is 118 Å². The Balaban J connectivity index is 1.26. The van der Waals surface area contributed by atoms with Crippen molar-refractivity contribution in [3.8, 4) is 11.5 Å². The van der Waals surface area contributed by atoms with E-state index in [-0.39, 0.29) is 51.1 Å². The number of nitrogens with one attached hydrogen (secondary N) is 1. The monoisotopic (exact) mass is 926 g/mol. The minimum absolute atomic E-state index is 0.00852. The number of hydrogen-bond donors (Lipinski definition) is 5. The molecule has 1 amide bonds. The molecule has 11 atom stereocenters. The molecule has 2 saturated heterocycles. The second kappa shape index (κ2) is 18.4. The Morgan fingerprint density at radius 3 is 2.33 bits per heavy atom. The van der Waals surface area contributed by atoms with Gasteiger partial charge in [-0.25, -0.2) is 4.98 Å². The molecule has 0 aromatic rings. The quantitative estimate of drug-likeness (QED) is 0.250. The normalized spacial score (nSPS) is 35.1. The molecule has 5 heterocycles. The zero-order valence-corrected chi connectivity index (χ0v) is 39.4. The van der Waals surface area contributed by atoms with Crippen LogP contribution in [0.4, 0.5) is 5.69 Å². The molecular formula is C50H62N4O13. The number of ketones is 1. The summed E-state index contributed by atoms with van der Waals surface area (Å²) in [6.07, 6.45) is 6.01. The first-order valence-electron chi connectivity index (χ1n) is 23.1. The van der Waals surface area contributed by atoms with Crippen molar-refractivity contribution >= 4 is 29.0 Å². The molecule has 17 heteroatoms. The number of esters is 1. The van der Waals surface area contributed by atoms with Crippen LogP contribution in [0.2, 0.25) is 0 Å². The van der Waals surface area contributed by atoms with Gasteiger partial charge in [0.25, 0.3) is 5.91 Å². The molecule has 3 aliphatic carbocycles. The van der Waals surface area contributed by atoms with Crippen molar-refractivity contribution in [3.05, 3.63) is 98.4 Å². The SMILES string of the molecule is CO[C@H]1/C=C/O[C@@]2(C)OC3=C(C)C(=O)C4C(O)=C(NC(=O)/C(C)=C\C=C\[C@H](C)[C@H](O)[C@@H](C)[C@@H](O)[C@@H](C)[C@H](OC(C)=O)[C@@H]1C)c1oc5cc(N6CC(N7CCCC7)C6)cc(=O)c-5nc1C4C3=C2O. The average molecular weight is 927 g/mol. The molecule has 4 bridgehead atoms. The highest BCUT2D eigenvalue weighted by Crippen LogP contribution is 2.56. The Bertz CT molecular complexity index is 2540. The first-order valence-corrected chi connectivity index (χ1v) is 23.1. The highest BCUT2D eigenvalue weighted by atomic mass is 16.7. The van der Waals surface area contributed by atoms with E-state index in [0.29, 0.717) is 11.7 Å². The zero-order chi connectivity index (χ0) is 48.4. The van der Waals surface area contributed by atoms with E-state index in [4.69, 9.17) is 28.3 Å². The first-order chi connectivity index (χ1) is 31.8. The lowest BCUT2D eigenvalue weighted by atomic mass is 9.69. The zero-order valence-electron chi connectivity index (χ0n) is 39.4. The standard InChI is InChI=1S/C50H62N4O13/c1-23-13-12-14-24(2)49(62)52-40-44(60)36-35(39-47(40)66-34-20-30(19-32(56)38(34)51-39)54-21-31(22-54)53-16-10-11-17-53)37-46(28(6)43(36)59)67-50(8,48(37)61)64-18-15-33(63-9)25(3)45(65-29(7)55)27(5)42(58)26(4)41(23)57/h12-15,18-20,23,25-27,31,33,35-36,41-42,45,57-58,60-61H,10-11,16-17,21-22H2,1-9H3,(H,52,62)/b13-12+,18-15+,24-14-/t23-,25+,26+,27+,33-,35?,36?,41-,42+,45+,50-/m0/s1. The molecule has 0 aromatic heterocycles. The van der Waals surface area contributed by atoms with Gasteiger partial charge in [0.15, 0.2) is 28.8 Å². The number of hydrogen-bond acceptors (Lipinski definition) is 16. The summed E-state index contributed by atoms with van der Waals surface area (Å²) in [6, 6.07) is 3.57. The minimum atomic E-state index is -1.95. The highest BCUT2D eigenvalue weighted by Gasteiger charge is 2.58. The third-order valence-electron chi connectivity index (χ3n) is 14.7. The Hall–Kier alpha value is -5.75. The van der Waals surface area contributed by atoms with Gasteiger partial charge in [0.1, 0.15) is 23.3 Å². The van der Waals surface area contributed by atoms with Gasteiger partial charge in [0.2, 0.25) is 5.43 Å². The van der Waals surface area contributed by atoms with Crippen molar-refractivity contribution in [2.45, 2.75) is 110 Å². The molecule has 5 N–H and O–H groups in total. The number of likely N-dealkylation sites (tertiary alicyclic amines) is 1. The van der Waals surface area contributed by atoms with Gasteiger partial charge in [-0.2, -0.15) is 0 Å². The Labute approximate surface area is 389 Å². The van der Waals surface area contributed by atoms with Crippen LogP contribution in [0.5, 0.6) is 0 Å². The van der Waals surface area contributed by atoms with Crippen LogP contribution in [0.3, 0.4) is 0 Å². The van der Waals surface area contributed by atoms with E-state index in [1.54, 1.807) is 52.8 Å². The highest BCUT2D eigenvalue weighted by molar-refractivity contribution is 6.06. The molecule has 8 rings (SSSR count). The summed E-state index contributed by atoms with van der Waals surface area (Å²) in [5.41, 5.74) is 0.162. The summed E-state index contributed by atoms with van der Waals surface area (Å²) in [7, 11) is 1.45. The van der Waals surface area contributed by atoms with Gasteiger partial charge in [0, 0.05) is 92.7 Å². The molecule has 8 aliphatic rings. The van der Waals surface area contributed by atoms with Crippen molar-refractivity contribution in [3.63, 3.8) is 0 Å². The van der Waals surface area contributed by atoms with Gasteiger partial charge in [0.05, 0.1) is 47.7 Å². The van der Waals surface area contributed by atoms with Crippen molar-refractivity contribution in [1.82, 2.24) is 15.2 Å². The lowest BCUT2D eigenvalue weighted by molar-refractivity contribution is -0.160. The maximum absolute atomic E-state index is 14.5. The number of amides is 1. The molecule has 2 unspecified atom stereocenters. The minimum Gasteiger partial charge on any atom is -0.509 e. The van der Waals surface area contributed by atoms with Crippen molar-refractivity contribution in [1.29, 1.82) is 0 Å². The number of Topliss-reactive ketones (excluding diaryl/α,β-unsaturated/α-hetero) is 1. The molecule has 0 radical (unpaired) electrons. The number of aliphatic hydroxyl groups excluding tert-OH is 4. The fourth-order valence-corrected chi connectivity index (χ4v) is 10.5. The number of benzene rings is 1. The van der Waals surface area contributed by atoms with Crippen LogP contribution in [0.25, 0.3) is 17.2 Å². The van der Waals surface area contributed by atoms with Gasteiger partial charge < -0.3 is 54.0 Å². The molecule has 360 valence electrons. The maximum Gasteiger partial charge on any atom is 0.306 e. The smallest absolute Gasteiger partial charge is 0.306 e. The van der Waals surface area contributed by atoms with Gasteiger partial charge in [-0.05, 0) is 45.9 Å². The van der Waals surface area contributed by atoms with E-state index in [0.717, 1.165) is 39.0 Å². The summed E-state index contributed by atoms with van der Waals surface area (Å²) >= 11 is 0. The maximum atomic E-state index is 14.5. The fraction of sp³-hybridized carbons (Fsp3) is 0.540. The lowest BCUT2D eigenvalue weighted by Crippen LogP contribution is -2.59. The molecule has 0 aromatic carbocycles. The molecule has 5 aliphatic heterocycles. The molecule has 0 saturated carbocycles. The second-order valence-corrected chi connectivity index (χ2v) is 19.2. The van der Waals surface area contributed by atoms with Gasteiger partial charge >= 0.3 is 11.8 Å². The molecular weight excluding hydrogens is 865 g/mol. The van der Waals surface area contributed by atoms with Crippen LogP contribution in [0, 0.1) is 29.6 Å². The number of carbonyl (C=O) groups excluding carboxylic acids is 3. The Kier molecular flexibility index (Phi) is 13.1. The number of allylic oxidation sites excluding steroid dienone is 5. The Morgan fingerprint density at radius 2 is 1.66 bits per heavy atom. The summed E-state index contributed by atoms with van der Waals surface area (Å²) in [5.74, 6) is -10.1. The summed E-state index contributed by atoms with van der Waals surface area (Å²) in [6.45, 7) is 16.2. The van der Waals surface area contributed by atoms with Crippen LogP contribution < -0.4 is 15.6 Å². The first kappa shape index (κ1) is 47.7. The number of fused-ring (bicyclic) bond motifs is 2. The van der Waals surface area contributed by atoms with Gasteiger partial charge in [-0.1, -0.05) is 45.9 Å². The van der Waals surface area contributed by atoms with Gasteiger partial charge in [-0.3, -0.25) is 24.1 Å². The van der Waals surface area contributed by atoms with Crippen molar-refractivity contribution in [2.75, 3.05) is 38.2 Å². The molecule has 0 spiro atoms. The lowest BCUT2D eigenvalue weighted by Gasteiger charge is -2.45. The predicted octanol–water partition coefficient (Wildman–Crippen LogP) is 5.15. The van der Waals surface area contributed by atoms with Crippen LogP contribution in [-0.2, 0) is 33.3 Å². The van der Waals surface area contributed by atoms with Crippen molar-refractivity contribution < 1.29 is 58.2 Å². The molecule has 2 fully saturated rings. The van der Waals surface area contributed by atoms with E-state index in [1.807, 2.05) is 0 Å². The molecule has 67 heavy (non-hydrogen) atoms. The summed E-state index contributed by atoms with van der Waals surface area (Å²) in [5, 5.41) is 50.3. The third kappa shape index (κ3) is 8.48. The number of aliphatic hydroxyl groups is 4. The number of rotatable bonds is 4. The van der Waals surface area contributed by atoms with Crippen LogP contribution in [0.1, 0.15) is 85.6 Å². The van der Waals surface area contributed by atoms with Crippen LogP contribution in [0.15, 0.2) is 85.9 Å². The Morgan fingerprint density at radius 1 is 0.955 bits per heavy atom. The topological polar surface area (TPSA) is 231 Å². The van der Waals surface area contributed by atoms with Gasteiger partial charge in [-0.15, -0.1) is 0 Å². The number of carbonyl (C=O) groups is 3. The van der Waals surface area contributed by atoms with Crippen molar-refractivity contribution in [2.24, 2.45) is 29.6 Å². The largest absolute Gasteiger partial charge is 0.509 e. The average Bonchev–Trinajstić information content (AvgIpc) is 3.90. The summed E-state index contributed by atoms with van der Waals surface area (Å²) in [4.78, 5) is 64.4. The van der Waals surface area contributed by atoms with E-state index < -0.39 is 100 Å². The number of ether oxygens (including phenoxy) is 4.